The summed E-state index contributed by atoms with van der Waals surface area (Å²) in [6.45, 7) is 4.10. The lowest BCUT2D eigenvalue weighted by Crippen LogP contribution is -2.14. The van der Waals surface area contributed by atoms with Crippen molar-refractivity contribution in [1.29, 1.82) is 0 Å². The van der Waals surface area contributed by atoms with E-state index >= 15 is 0 Å². The van der Waals surface area contributed by atoms with E-state index in [1.807, 2.05) is 31.2 Å². The van der Waals surface area contributed by atoms with Gasteiger partial charge in [0.2, 0.25) is 0 Å². The van der Waals surface area contributed by atoms with E-state index in [0.29, 0.717) is 17.9 Å². The van der Waals surface area contributed by atoms with E-state index in [-0.39, 0.29) is 16.0 Å². The summed E-state index contributed by atoms with van der Waals surface area (Å²) in [5.74, 6) is -0.215. The van der Waals surface area contributed by atoms with Crippen LogP contribution < -0.4 is 10.1 Å². The van der Waals surface area contributed by atoms with Crippen molar-refractivity contribution in [2.45, 2.75) is 20.4 Å². The van der Waals surface area contributed by atoms with Crippen molar-refractivity contribution in [3.63, 3.8) is 0 Å². The number of rotatable bonds is 6. The number of aryl methyl sites for hydroxylation is 1. The fraction of sp³-hybridized carbons (Fsp3) is 0.235. The Morgan fingerprint density at radius 3 is 2.82 bits per heavy atom. The second-order valence-corrected chi connectivity index (χ2v) is 6.79. The lowest BCUT2D eigenvalue weighted by Gasteiger charge is -2.08. The first-order valence-electron chi connectivity index (χ1n) is 8.18. The molecule has 3 aromatic rings. The molecule has 0 radical (unpaired) electrons. The number of carbonyl (C=O) groups excluding carboxylic acids is 1. The average Bonchev–Trinajstić information content (AvgIpc) is 3.17. The molecule has 1 aromatic carbocycles. The molecule has 0 saturated heterocycles. The molecule has 0 aliphatic heterocycles. The number of nitro groups is 1. The maximum atomic E-state index is 12.5. The van der Waals surface area contributed by atoms with Crippen LogP contribution in [0.5, 0.6) is 5.75 Å². The van der Waals surface area contributed by atoms with Gasteiger partial charge in [-0.3, -0.25) is 9.48 Å². The number of methoxy groups -OCH3 is 1. The van der Waals surface area contributed by atoms with E-state index in [9.17, 15) is 14.9 Å². The molecule has 2 heterocycles. The van der Waals surface area contributed by atoms with Gasteiger partial charge in [-0.05, 0) is 52.4 Å². The first kappa shape index (κ1) is 19.5. The van der Waals surface area contributed by atoms with E-state index < -0.39 is 10.8 Å². The minimum atomic E-state index is -0.656. The molecule has 0 atom stereocenters. The van der Waals surface area contributed by atoms with Crippen LogP contribution in [-0.2, 0) is 6.54 Å². The second kappa shape index (κ2) is 7.80. The summed E-state index contributed by atoms with van der Waals surface area (Å²) in [5.41, 5.74) is 2.79. The van der Waals surface area contributed by atoms with Gasteiger partial charge in [0.25, 0.3) is 5.91 Å². The van der Waals surface area contributed by atoms with Crippen LogP contribution in [0.15, 0.2) is 28.7 Å². The summed E-state index contributed by atoms with van der Waals surface area (Å²) in [6, 6.07) is 7.62. The van der Waals surface area contributed by atoms with Gasteiger partial charge in [0, 0.05) is 0 Å². The van der Waals surface area contributed by atoms with Gasteiger partial charge in [0.15, 0.2) is 5.69 Å². The van der Waals surface area contributed by atoms with E-state index in [4.69, 9.17) is 4.74 Å². The van der Waals surface area contributed by atoms with E-state index in [1.54, 1.807) is 18.7 Å². The molecule has 0 spiro atoms. The van der Waals surface area contributed by atoms with Crippen molar-refractivity contribution in [3.8, 4) is 5.75 Å². The van der Waals surface area contributed by atoms with E-state index in [0.717, 1.165) is 17.0 Å². The molecule has 146 valence electrons. The second-order valence-electron chi connectivity index (χ2n) is 6.00. The zero-order valence-electron chi connectivity index (χ0n) is 15.3. The van der Waals surface area contributed by atoms with Crippen LogP contribution in [-0.4, -0.2) is 37.9 Å². The van der Waals surface area contributed by atoms with Crippen molar-refractivity contribution in [2.75, 3.05) is 12.4 Å². The zero-order chi connectivity index (χ0) is 20.4. The molecule has 3 rings (SSSR count). The van der Waals surface area contributed by atoms with Gasteiger partial charge >= 0.3 is 5.82 Å². The fourth-order valence-corrected chi connectivity index (χ4v) is 3.24. The number of benzene rings is 1. The number of ether oxygens (including phenoxy) is 1. The molecule has 0 saturated carbocycles. The van der Waals surface area contributed by atoms with E-state index in [2.05, 4.69) is 36.5 Å². The highest BCUT2D eigenvalue weighted by Gasteiger charge is 2.26. The number of hydrogen-bond acceptors (Lipinski definition) is 6. The van der Waals surface area contributed by atoms with Crippen molar-refractivity contribution in [2.24, 2.45) is 0 Å². The molecule has 10 nitrogen and oxygen atoms in total. The Balaban J connectivity index is 1.83. The largest absolute Gasteiger partial charge is 0.497 e. The van der Waals surface area contributed by atoms with Gasteiger partial charge in [0.05, 0.1) is 30.7 Å². The van der Waals surface area contributed by atoms with Gasteiger partial charge in [-0.15, -0.1) is 5.10 Å². The Hall–Kier alpha value is -3.21. The molecule has 11 heteroatoms. The van der Waals surface area contributed by atoms with Crippen LogP contribution in [0.1, 0.15) is 27.4 Å². The molecule has 0 bridgehead atoms. The van der Waals surface area contributed by atoms with Crippen molar-refractivity contribution >= 4 is 33.3 Å². The summed E-state index contributed by atoms with van der Waals surface area (Å²) in [5, 5.41) is 24.1. The predicted molar refractivity (Wildman–Crippen MR) is 105 cm³/mol. The maximum Gasteiger partial charge on any atom is 0.357 e. The van der Waals surface area contributed by atoms with Crippen LogP contribution >= 0.6 is 15.9 Å². The summed E-state index contributed by atoms with van der Waals surface area (Å²) in [4.78, 5) is 22.8. The molecule has 1 amide bonds. The van der Waals surface area contributed by atoms with Crippen molar-refractivity contribution in [3.05, 3.63) is 61.5 Å². The summed E-state index contributed by atoms with van der Waals surface area (Å²) >= 11 is 3.04. The normalized spacial score (nSPS) is 10.7. The Bertz CT molecular complexity index is 1060. The Morgan fingerprint density at radius 2 is 2.18 bits per heavy atom. The number of nitrogens with zero attached hydrogens (tertiary/aromatic N) is 4. The molecule has 0 unspecified atom stereocenters. The number of H-pyrrole nitrogens is 1. The SMILES string of the molecule is COc1cccc(Cn2nc(C)c(NC(=O)c3n[nH]c([N+](=O)[O-])c3Br)c2C)c1. The molecule has 2 N–H and O–H groups in total. The van der Waals surface area contributed by atoms with Crippen molar-refractivity contribution < 1.29 is 14.5 Å². The van der Waals surface area contributed by atoms with Gasteiger partial charge in [-0.25, -0.2) is 0 Å². The molecule has 2 aromatic heterocycles. The monoisotopic (exact) mass is 448 g/mol. The third-order valence-electron chi connectivity index (χ3n) is 4.17. The van der Waals surface area contributed by atoms with Crippen LogP contribution in [0.25, 0.3) is 0 Å². The number of aromatic nitrogens is 4. The topological polar surface area (TPSA) is 128 Å². The van der Waals surface area contributed by atoms with Crippen molar-refractivity contribution in [1.82, 2.24) is 20.0 Å². The van der Waals surface area contributed by atoms with Crippen LogP contribution in [0.3, 0.4) is 0 Å². The molecule has 28 heavy (non-hydrogen) atoms. The minimum absolute atomic E-state index is 0.00548. The number of nitrogens with one attached hydrogen (secondary N) is 2. The van der Waals surface area contributed by atoms with Crippen LogP contribution in [0.2, 0.25) is 0 Å². The number of hydrogen-bond donors (Lipinski definition) is 2. The summed E-state index contributed by atoms with van der Waals surface area (Å²) in [6.07, 6.45) is 0. The molecule has 0 fully saturated rings. The lowest BCUT2D eigenvalue weighted by molar-refractivity contribution is -0.390. The van der Waals surface area contributed by atoms with E-state index in [1.165, 1.54) is 0 Å². The summed E-state index contributed by atoms with van der Waals surface area (Å²) in [7, 11) is 1.60. The fourth-order valence-electron chi connectivity index (χ4n) is 2.74. The highest BCUT2D eigenvalue weighted by atomic mass is 79.9. The Labute approximate surface area is 168 Å². The first-order chi connectivity index (χ1) is 13.3. The highest BCUT2D eigenvalue weighted by Crippen LogP contribution is 2.27. The zero-order valence-corrected chi connectivity index (χ0v) is 16.9. The predicted octanol–water partition coefficient (Wildman–Crippen LogP) is 3.20. The molecular weight excluding hydrogens is 432 g/mol. The van der Waals surface area contributed by atoms with Crippen LogP contribution in [0.4, 0.5) is 11.5 Å². The Kier molecular flexibility index (Phi) is 5.45. The van der Waals surface area contributed by atoms with Crippen LogP contribution in [0, 0.1) is 24.0 Å². The maximum absolute atomic E-state index is 12.5. The number of halogens is 1. The Morgan fingerprint density at radius 1 is 1.43 bits per heavy atom. The number of carbonyl (C=O) groups is 1. The molecular formula is C17H17BrN6O4. The number of amides is 1. The van der Waals surface area contributed by atoms with Gasteiger partial charge in [-0.2, -0.15) is 5.10 Å². The number of aromatic amines is 1. The summed E-state index contributed by atoms with van der Waals surface area (Å²) < 4.78 is 6.99. The third-order valence-corrected chi connectivity index (χ3v) is 4.92. The van der Waals surface area contributed by atoms with Gasteiger partial charge in [-0.1, -0.05) is 17.2 Å². The van der Waals surface area contributed by atoms with Gasteiger partial charge < -0.3 is 20.2 Å². The quantitative estimate of drug-likeness (QED) is 0.440. The van der Waals surface area contributed by atoms with Gasteiger partial charge in [0.1, 0.15) is 10.2 Å². The molecule has 0 aliphatic carbocycles. The lowest BCUT2D eigenvalue weighted by atomic mass is 10.2. The number of anilines is 1. The third kappa shape index (κ3) is 3.74. The first-order valence-corrected chi connectivity index (χ1v) is 8.97. The standard InChI is InChI=1S/C17H17BrN6O4/c1-9-14(19-17(25)15-13(18)16(21-20-15)24(26)27)10(2)23(22-9)8-11-5-4-6-12(7-11)28-3/h4-7H,8H2,1-3H3,(H,19,25)(H,20,21). The highest BCUT2D eigenvalue weighted by molar-refractivity contribution is 9.10. The minimum Gasteiger partial charge on any atom is -0.497 e. The average molecular weight is 449 g/mol. The smallest absolute Gasteiger partial charge is 0.357 e. The molecule has 0 aliphatic rings.